The van der Waals surface area contributed by atoms with Gasteiger partial charge in [0, 0.05) is 18.2 Å². The zero-order valence-corrected chi connectivity index (χ0v) is 11.5. The van der Waals surface area contributed by atoms with Crippen molar-refractivity contribution in [1.82, 2.24) is 10.3 Å². The standard InChI is InChI=1S/C17H16N2O2/c20-16-13(6-3-9-18-16)17(21)19-15-12-8-7-10-4-1-2-5-11(10)14(12)15/h1-6,9,12,14-15H,7-8H2,(H,18,20)(H,19,21)/t12-,14-,15+/m0/s1. The SMILES string of the molecule is O=C(N[C@@H]1[C@H]2CCc3ccccc3[C@@H]21)c1ccc[nH]c1=O. The third-order valence-electron chi connectivity index (χ3n) is 4.69. The fourth-order valence-electron chi connectivity index (χ4n) is 3.59. The van der Waals surface area contributed by atoms with E-state index in [2.05, 4.69) is 34.6 Å². The van der Waals surface area contributed by atoms with Crippen molar-refractivity contribution in [3.8, 4) is 0 Å². The van der Waals surface area contributed by atoms with Crippen LogP contribution in [0.4, 0.5) is 0 Å². The molecule has 21 heavy (non-hydrogen) atoms. The number of pyridine rings is 1. The van der Waals surface area contributed by atoms with Gasteiger partial charge in [0.2, 0.25) is 0 Å². The molecule has 0 unspecified atom stereocenters. The van der Waals surface area contributed by atoms with Crippen LogP contribution >= 0.6 is 0 Å². The van der Waals surface area contributed by atoms with E-state index in [1.165, 1.54) is 17.3 Å². The van der Waals surface area contributed by atoms with E-state index in [1.54, 1.807) is 12.1 Å². The highest BCUT2D eigenvalue weighted by Gasteiger charge is 2.53. The van der Waals surface area contributed by atoms with Crippen LogP contribution in [0.1, 0.15) is 33.8 Å². The van der Waals surface area contributed by atoms with Crippen molar-refractivity contribution in [3.05, 3.63) is 69.6 Å². The lowest BCUT2D eigenvalue weighted by molar-refractivity contribution is 0.0947. The molecule has 2 aliphatic carbocycles. The first-order chi connectivity index (χ1) is 10.3. The van der Waals surface area contributed by atoms with Gasteiger partial charge in [-0.3, -0.25) is 9.59 Å². The van der Waals surface area contributed by atoms with E-state index in [4.69, 9.17) is 0 Å². The van der Waals surface area contributed by atoms with E-state index >= 15 is 0 Å². The molecule has 2 N–H and O–H groups in total. The molecule has 1 saturated carbocycles. The lowest BCUT2D eigenvalue weighted by Crippen LogP contribution is -2.32. The summed E-state index contributed by atoms with van der Waals surface area (Å²) < 4.78 is 0. The van der Waals surface area contributed by atoms with Gasteiger partial charge in [-0.1, -0.05) is 24.3 Å². The summed E-state index contributed by atoms with van der Waals surface area (Å²) in [5, 5.41) is 3.03. The molecule has 1 aromatic heterocycles. The first-order valence-corrected chi connectivity index (χ1v) is 7.32. The van der Waals surface area contributed by atoms with Crippen LogP contribution < -0.4 is 10.9 Å². The zero-order chi connectivity index (χ0) is 14.4. The summed E-state index contributed by atoms with van der Waals surface area (Å²) in [5.74, 6) is 0.669. The second-order valence-corrected chi connectivity index (χ2v) is 5.84. The summed E-state index contributed by atoms with van der Waals surface area (Å²) in [6.07, 6.45) is 3.72. The Kier molecular flexibility index (Phi) is 2.70. The van der Waals surface area contributed by atoms with Crippen molar-refractivity contribution in [1.29, 1.82) is 0 Å². The maximum absolute atomic E-state index is 12.2. The number of carbonyl (C=O) groups excluding carboxylic acids is 1. The predicted molar refractivity (Wildman–Crippen MR) is 79.3 cm³/mol. The van der Waals surface area contributed by atoms with Crippen LogP contribution in [-0.2, 0) is 6.42 Å². The Bertz CT molecular complexity index is 765. The molecule has 1 heterocycles. The Labute approximate surface area is 122 Å². The minimum absolute atomic E-state index is 0.167. The summed E-state index contributed by atoms with van der Waals surface area (Å²) in [6.45, 7) is 0. The van der Waals surface area contributed by atoms with Crippen molar-refractivity contribution in [2.45, 2.75) is 24.8 Å². The van der Waals surface area contributed by atoms with Crippen molar-refractivity contribution in [3.63, 3.8) is 0 Å². The molecule has 1 amide bonds. The molecule has 0 spiro atoms. The number of carbonyl (C=O) groups is 1. The number of nitrogens with one attached hydrogen (secondary N) is 2. The minimum Gasteiger partial charge on any atom is -0.348 e. The molecule has 4 nitrogen and oxygen atoms in total. The molecule has 4 heteroatoms. The normalized spacial score (nSPS) is 25.6. The molecular weight excluding hydrogens is 264 g/mol. The fourth-order valence-corrected chi connectivity index (χ4v) is 3.59. The quantitative estimate of drug-likeness (QED) is 0.881. The number of fused-ring (bicyclic) bond motifs is 3. The third kappa shape index (κ3) is 1.98. The highest BCUT2D eigenvalue weighted by atomic mass is 16.2. The largest absolute Gasteiger partial charge is 0.348 e. The number of aryl methyl sites for hydroxylation is 1. The Morgan fingerprint density at radius 1 is 1.19 bits per heavy atom. The third-order valence-corrected chi connectivity index (χ3v) is 4.69. The first-order valence-electron chi connectivity index (χ1n) is 7.32. The maximum Gasteiger partial charge on any atom is 0.260 e. The van der Waals surface area contributed by atoms with Crippen molar-refractivity contribution in [2.75, 3.05) is 0 Å². The minimum atomic E-state index is -0.334. The van der Waals surface area contributed by atoms with E-state index in [9.17, 15) is 9.59 Å². The topological polar surface area (TPSA) is 62.0 Å². The maximum atomic E-state index is 12.2. The van der Waals surface area contributed by atoms with Crippen LogP contribution in [0.15, 0.2) is 47.4 Å². The number of hydrogen-bond donors (Lipinski definition) is 2. The van der Waals surface area contributed by atoms with Gasteiger partial charge in [0.15, 0.2) is 0 Å². The zero-order valence-electron chi connectivity index (χ0n) is 11.5. The summed E-state index contributed by atoms with van der Waals surface area (Å²) in [5.41, 5.74) is 2.61. The summed E-state index contributed by atoms with van der Waals surface area (Å²) >= 11 is 0. The Morgan fingerprint density at radius 2 is 2.05 bits per heavy atom. The van der Waals surface area contributed by atoms with Gasteiger partial charge in [-0.25, -0.2) is 0 Å². The van der Waals surface area contributed by atoms with Gasteiger partial charge in [-0.05, 0) is 42.0 Å². The van der Waals surface area contributed by atoms with Crippen LogP contribution in [0.5, 0.6) is 0 Å². The average Bonchev–Trinajstić information content (AvgIpc) is 3.21. The smallest absolute Gasteiger partial charge is 0.260 e. The number of aromatic nitrogens is 1. The average molecular weight is 280 g/mol. The Hall–Kier alpha value is -2.36. The van der Waals surface area contributed by atoms with Gasteiger partial charge in [0.05, 0.1) is 0 Å². The molecule has 1 fully saturated rings. The summed E-state index contributed by atoms with van der Waals surface area (Å²) in [7, 11) is 0. The van der Waals surface area contributed by atoms with Crippen molar-refractivity contribution < 1.29 is 4.79 Å². The number of hydrogen-bond acceptors (Lipinski definition) is 2. The van der Waals surface area contributed by atoms with E-state index < -0.39 is 0 Å². The highest BCUT2D eigenvalue weighted by Crippen LogP contribution is 2.54. The molecule has 2 aromatic rings. The predicted octanol–water partition coefficient (Wildman–Crippen LogP) is 1.83. The van der Waals surface area contributed by atoms with E-state index in [1.807, 2.05) is 0 Å². The van der Waals surface area contributed by atoms with E-state index in [-0.39, 0.29) is 23.1 Å². The van der Waals surface area contributed by atoms with Gasteiger partial charge in [-0.2, -0.15) is 0 Å². The number of rotatable bonds is 2. The lowest BCUT2D eigenvalue weighted by atomic mass is 9.92. The van der Waals surface area contributed by atoms with Gasteiger partial charge >= 0.3 is 0 Å². The second-order valence-electron chi connectivity index (χ2n) is 5.84. The molecule has 4 rings (SSSR count). The van der Waals surface area contributed by atoms with Crippen LogP contribution in [0.3, 0.4) is 0 Å². The molecule has 0 aliphatic heterocycles. The lowest BCUT2D eigenvalue weighted by Gasteiger charge is -2.13. The van der Waals surface area contributed by atoms with Crippen LogP contribution in [0, 0.1) is 5.92 Å². The number of H-pyrrole nitrogens is 1. The van der Waals surface area contributed by atoms with Gasteiger partial charge < -0.3 is 10.3 Å². The number of amides is 1. The van der Waals surface area contributed by atoms with E-state index in [0.717, 1.165) is 12.8 Å². The molecule has 1 aromatic carbocycles. The van der Waals surface area contributed by atoms with Crippen LogP contribution in [0.25, 0.3) is 0 Å². The monoisotopic (exact) mass is 280 g/mol. The summed E-state index contributed by atoms with van der Waals surface area (Å²) in [4.78, 5) is 26.4. The number of benzene rings is 1. The van der Waals surface area contributed by atoms with Crippen molar-refractivity contribution in [2.24, 2.45) is 5.92 Å². The van der Waals surface area contributed by atoms with Gasteiger partial charge in [-0.15, -0.1) is 0 Å². The number of aromatic amines is 1. The highest BCUT2D eigenvalue weighted by molar-refractivity contribution is 5.94. The molecule has 106 valence electrons. The molecular formula is C17H16N2O2. The van der Waals surface area contributed by atoms with Crippen molar-refractivity contribution >= 4 is 5.91 Å². The van der Waals surface area contributed by atoms with Crippen LogP contribution in [-0.4, -0.2) is 16.9 Å². The van der Waals surface area contributed by atoms with Crippen LogP contribution in [0.2, 0.25) is 0 Å². The fraction of sp³-hybridized carbons (Fsp3) is 0.294. The molecule has 0 radical (unpaired) electrons. The molecule has 0 saturated heterocycles. The molecule has 2 aliphatic rings. The molecule has 0 bridgehead atoms. The van der Waals surface area contributed by atoms with Gasteiger partial charge in [0.1, 0.15) is 5.56 Å². The Balaban J connectivity index is 1.55. The second kappa shape index (κ2) is 4.58. The van der Waals surface area contributed by atoms with Gasteiger partial charge in [0.25, 0.3) is 11.5 Å². The first kappa shape index (κ1) is 12.4. The molecule has 3 atom stereocenters. The van der Waals surface area contributed by atoms with E-state index in [0.29, 0.717) is 11.8 Å². The summed E-state index contributed by atoms with van der Waals surface area (Å²) in [6, 6.07) is 11.9. The Morgan fingerprint density at radius 3 is 2.90 bits per heavy atom.